The minimum absolute atomic E-state index is 0.197. The van der Waals surface area contributed by atoms with Gasteiger partial charge in [0, 0.05) is 0 Å². The first-order valence-corrected chi connectivity index (χ1v) is 5.02. The molecular weight excluding hydrogens is 230 g/mol. The Labute approximate surface area is 78.3 Å². The fraction of sp³-hybridized carbons (Fsp3) is 1.00. The van der Waals surface area contributed by atoms with Gasteiger partial charge in [0.05, 0.1) is 0 Å². The van der Waals surface area contributed by atoms with E-state index >= 15 is 0 Å². The third-order valence-corrected chi connectivity index (χ3v) is 3.99. The van der Waals surface area contributed by atoms with Crippen LogP contribution in [0.2, 0.25) is 0 Å². The quantitative estimate of drug-likeness (QED) is 0.699. The van der Waals surface area contributed by atoms with E-state index in [9.17, 15) is 13.9 Å². The van der Waals surface area contributed by atoms with E-state index in [0.29, 0.717) is 5.92 Å². The van der Waals surface area contributed by atoms with Crippen molar-refractivity contribution in [3.05, 3.63) is 0 Å². The normalized spacial score (nSPS) is 47.0. The van der Waals surface area contributed by atoms with Crippen molar-refractivity contribution in [2.75, 3.05) is 0 Å². The molecule has 0 saturated heterocycles. The third-order valence-electron chi connectivity index (χ3n) is 3.31. The zero-order valence-electron chi connectivity index (χ0n) is 6.56. The maximum absolute atomic E-state index is 12.9. The number of hydrogen-bond donors (Lipinski definition) is 1. The standard InChI is InChI=1S/C8H11BrF2O/c9-8(10,11)7(12)4-5-1-2-6(7)3-5/h5-6,12H,1-4H2. The van der Waals surface area contributed by atoms with Gasteiger partial charge >= 0.3 is 4.83 Å². The average molecular weight is 241 g/mol. The topological polar surface area (TPSA) is 20.2 Å². The molecule has 2 saturated carbocycles. The first-order valence-electron chi connectivity index (χ1n) is 4.22. The molecule has 70 valence electrons. The molecule has 2 bridgehead atoms. The van der Waals surface area contributed by atoms with E-state index in [4.69, 9.17) is 0 Å². The molecule has 1 nitrogen and oxygen atoms in total. The first-order chi connectivity index (χ1) is 5.43. The number of fused-ring (bicyclic) bond motifs is 2. The molecule has 12 heavy (non-hydrogen) atoms. The Balaban J connectivity index is 2.23. The van der Waals surface area contributed by atoms with Gasteiger partial charge in [-0.1, -0.05) is 0 Å². The second-order valence-corrected chi connectivity index (χ2v) is 5.00. The molecule has 0 aromatic heterocycles. The third kappa shape index (κ3) is 1.04. The van der Waals surface area contributed by atoms with Crippen molar-refractivity contribution in [3.8, 4) is 0 Å². The zero-order valence-corrected chi connectivity index (χ0v) is 8.15. The Morgan fingerprint density at radius 3 is 2.33 bits per heavy atom. The molecule has 2 rings (SSSR count). The van der Waals surface area contributed by atoms with Gasteiger partial charge in [-0.05, 0) is 53.4 Å². The predicted octanol–water partition coefficient (Wildman–Crippen LogP) is 2.53. The smallest absolute Gasteiger partial charge is 0.329 e. The molecule has 0 aromatic carbocycles. The number of aliphatic hydroxyl groups is 1. The van der Waals surface area contributed by atoms with Crippen LogP contribution in [-0.4, -0.2) is 15.5 Å². The number of alkyl halides is 3. The summed E-state index contributed by atoms with van der Waals surface area (Å²) in [6.07, 6.45) is 2.80. The summed E-state index contributed by atoms with van der Waals surface area (Å²) >= 11 is 2.28. The number of rotatable bonds is 1. The summed E-state index contributed by atoms with van der Waals surface area (Å²) in [5.74, 6) is 0.125. The van der Waals surface area contributed by atoms with Crippen LogP contribution in [0, 0.1) is 11.8 Å². The summed E-state index contributed by atoms with van der Waals surface area (Å²) < 4.78 is 25.9. The van der Waals surface area contributed by atoms with Crippen LogP contribution >= 0.6 is 15.9 Å². The summed E-state index contributed by atoms with van der Waals surface area (Å²) in [6, 6.07) is 0. The molecule has 2 fully saturated rings. The molecule has 0 amide bonds. The van der Waals surface area contributed by atoms with Gasteiger partial charge in [0.1, 0.15) is 5.60 Å². The molecular formula is C8H11BrF2O. The molecule has 0 heterocycles. The highest BCUT2D eigenvalue weighted by molar-refractivity contribution is 9.10. The fourth-order valence-corrected chi connectivity index (χ4v) is 3.13. The summed E-state index contributed by atoms with van der Waals surface area (Å²) in [7, 11) is 0. The number of halogens is 3. The van der Waals surface area contributed by atoms with Crippen LogP contribution < -0.4 is 0 Å². The van der Waals surface area contributed by atoms with E-state index in [1.165, 1.54) is 0 Å². The highest BCUT2D eigenvalue weighted by atomic mass is 79.9. The van der Waals surface area contributed by atoms with Gasteiger partial charge < -0.3 is 5.11 Å². The molecule has 0 spiro atoms. The van der Waals surface area contributed by atoms with Gasteiger partial charge in [-0.15, -0.1) is 0 Å². The van der Waals surface area contributed by atoms with Crippen molar-refractivity contribution in [3.63, 3.8) is 0 Å². The predicted molar refractivity (Wildman–Crippen MR) is 44.3 cm³/mol. The van der Waals surface area contributed by atoms with Crippen LogP contribution in [0.1, 0.15) is 25.7 Å². The summed E-state index contributed by atoms with van der Waals surface area (Å²) in [5.41, 5.74) is -1.77. The SMILES string of the molecule is OC1(C(F)(F)Br)CC2CCC1C2. The van der Waals surface area contributed by atoms with E-state index in [1.807, 2.05) is 0 Å². The zero-order chi connectivity index (χ0) is 8.98. The molecule has 0 radical (unpaired) electrons. The van der Waals surface area contributed by atoms with E-state index < -0.39 is 10.4 Å². The molecule has 1 N–H and O–H groups in total. The largest absolute Gasteiger partial charge is 0.382 e. The summed E-state index contributed by atoms with van der Waals surface area (Å²) in [5, 5.41) is 9.72. The maximum atomic E-state index is 12.9. The number of hydrogen-bond acceptors (Lipinski definition) is 1. The fourth-order valence-electron chi connectivity index (χ4n) is 2.65. The van der Waals surface area contributed by atoms with Crippen LogP contribution in [0.3, 0.4) is 0 Å². The molecule has 4 heteroatoms. The maximum Gasteiger partial charge on any atom is 0.329 e. The molecule has 3 unspecified atom stereocenters. The molecule has 0 aromatic rings. The lowest BCUT2D eigenvalue weighted by Crippen LogP contribution is -2.48. The summed E-state index contributed by atoms with van der Waals surface area (Å²) in [4.78, 5) is -3.11. The minimum Gasteiger partial charge on any atom is -0.382 e. The molecule has 3 atom stereocenters. The van der Waals surface area contributed by atoms with Gasteiger partial charge in [-0.25, -0.2) is 0 Å². The van der Waals surface area contributed by atoms with E-state index in [2.05, 4.69) is 15.9 Å². The van der Waals surface area contributed by atoms with Crippen LogP contribution in [0.5, 0.6) is 0 Å². The van der Waals surface area contributed by atoms with Crippen molar-refractivity contribution in [2.24, 2.45) is 11.8 Å². The lowest BCUT2D eigenvalue weighted by Gasteiger charge is -2.35. The van der Waals surface area contributed by atoms with Gasteiger partial charge in [-0.2, -0.15) is 8.78 Å². The van der Waals surface area contributed by atoms with Crippen molar-refractivity contribution in [2.45, 2.75) is 36.1 Å². The minimum atomic E-state index is -3.11. The van der Waals surface area contributed by atoms with E-state index in [1.54, 1.807) is 0 Å². The van der Waals surface area contributed by atoms with Crippen LogP contribution in [-0.2, 0) is 0 Å². The Kier molecular flexibility index (Phi) is 1.78. The van der Waals surface area contributed by atoms with Gasteiger partial charge in [0.25, 0.3) is 0 Å². The highest BCUT2D eigenvalue weighted by Crippen LogP contribution is 2.57. The Hall–Kier alpha value is 0.300. The molecule has 0 aliphatic heterocycles. The van der Waals surface area contributed by atoms with E-state index in [-0.39, 0.29) is 12.3 Å². The van der Waals surface area contributed by atoms with Crippen LogP contribution in [0.25, 0.3) is 0 Å². The van der Waals surface area contributed by atoms with E-state index in [0.717, 1.165) is 19.3 Å². The Morgan fingerprint density at radius 2 is 2.08 bits per heavy atom. The molecule has 2 aliphatic rings. The average Bonchev–Trinajstić information content (AvgIpc) is 2.43. The van der Waals surface area contributed by atoms with Gasteiger partial charge in [0.2, 0.25) is 0 Å². The first kappa shape index (κ1) is 8.88. The van der Waals surface area contributed by atoms with Crippen molar-refractivity contribution >= 4 is 15.9 Å². The van der Waals surface area contributed by atoms with Crippen molar-refractivity contribution < 1.29 is 13.9 Å². The lowest BCUT2D eigenvalue weighted by atomic mass is 9.84. The van der Waals surface area contributed by atoms with Crippen molar-refractivity contribution in [1.82, 2.24) is 0 Å². The van der Waals surface area contributed by atoms with Crippen LogP contribution in [0.4, 0.5) is 8.78 Å². The van der Waals surface area contributed by atoms with Gasteiger partial charge in [0.15, 0.2) is 0 Å². The Bertz CT molecular complexity index is 204. The van der Waals surface area contributed by atoms with Gasteiger partial charge in [-0.3, -0.25) is 0 Å². The Morgan fingerprint density at radius 1 is 1.42 bits per heavy atom. The summed E-state index contributed by atoms with van der Waals surface area (Å²) in [6.45, 7) is 0. The highest BCUT2D eigenvalue weighted by Gasteiger charge is 2.62. The second-order valence-electron chi connectivity index (χ2n) is 4.00. The molecule has 2 aliphatic carbocycles. The lowest BCUT2D eigenvalue weighted by molar-refractivity contribution is -0.145. The second kappa shape index (κ2) is 2.41. The van der Waals surface area contributed by atoms with Crippen LogP contribution in [0.15, 0.2) is 0 Å². The monoisotopic (exact) mass is 240 g/mol. The van der Waals surface area contributed by atoms with Crippen molar-refractivity contribution in [1.29, 1.82) is 0 Å².